The van der Waals surface area contributed by atoms with Gasteiger partial charge in [0.1, 0.15) is 0 Å². The van der Waals surface area contributed by atoms with Crippen LogP contribution in [0.5, 0.6) is 5.75 Å². The van der Waals surface area contributed by atoms with Gasteiger partial charge in [0.05, 0.1) is 17.6 Å². The van der Waals surface area contributed by atoms with Crippen LogP contribution in [-0.4, -0.2) is 20.2 Å². The zero-order valence-corrected chi connectivity index (χ0v) is 11.8. The van der Waals surface area contributed by atoms with Gasteiger partial charge in [-0.2, -0.15) is 0 Å². The van der Waals surface area contributed by atoms with Gasteiger partial charge in [-0.05, 0) is 39.0 Å². The fourth-order valence-corrected chi connectivity index (χ4v) is 2.64. The first-order valence-electron chi connectivity index (χ1n) is 6.97. The zero-order chi connectivity index (χ0) is 14.1. The Morgan fingerprint density at radius 2 is 1.95 bits per heavy atom. The SMILES string of the molecule is Cc1nc(-c2onc(C)c2C[C]2CCCC2)ncc1O. The zero-order valence-electron chi connectivity index (χ0n) is 11.8. The molecule has 1 aliphatic rings. The lowest BCUT2D eigenvalue weighted by Gasteiger charge is -2.08. The van der Waals surface area contributed by atoms with Crippen LogP contribution >= 0.6 is 0 Å². The maximum atomic E-state index is 9.52. The van der Waals surface area contributed by atoms with Crippen molar-refractivity contribution in [2.24, 2.45) is 0 Å². The number of hydrogen-bond donors (Lipinski definition) is 1. The molecule has 0 spiro atoms. The molecule has 2 heterocycles. The lowest BCUT2D eigenvalue weighted by molar-refractivity contribution is 0.423. The molecule has 2 aromatic heterocycles. The second-order valence-electron chi connectivity index (χ2n) is 5.37. The molecule has 1 aliphatic carbocycles. The summed E-state index contributed by atoms with van der Waals surface area (Å²) in [6.07, 6.45) is 7.25. The second kappa shape index (κ2) is 5.23. The quantitative estimate of drug-likeness (QED) is 0.929. The highest BCUT2D eigenvalue weighted by molar-refractivity contribution is 5.55. The van der Waals surface area contributed by atoms with Crippen LogP contribution in [0.15, 0.2) is 10.7 Å². The molecule has 1 saturated carbocycles. The maximum absolute atomic E-state index is 9.52. The Balaban J connectivity index is 1.94. The summed E-state index contributed by atoms with van der Waals surface area (Å²) >= 11 is 0. The van der Waals surface area contributed by atoms with E-state index in [9.17, 15) is 5.11 Å². The summed E-state index contributed by atoms with van der Waals surface area (Å²) in [7, 11) is 0. The molecular formula is C15H18N3O2. The van der Waals surface area contributed by atoms with Crippen LogP contribution in [0.2, 0.25) is 0 Å². The van der Waals surface area contributed by atoms with Crippen molar-refractivity contribution >= 4 is 0 Å². The summed E-state index contributed by atoms with van der Waals surface area (Å²) < 4.78 is 5.42. The third-order valence-electron chi connectivity index (χ3n) is 3.88. The number of aryl methyl sites for hydroxylation is 2. The molecule has 2 aromatic rings. The van der Waals surface area contributed by atoms with Crippen molar-refractivity contribution in [2.75, 3.05) is 0 Å². The number of rotatable bonds is 3. The number of aromatic hydroxyl groups is 1. The molecule has 0 aromatic carbocycles. The standard InChI is InChI=1S/C15H18N3O2/c1-9-12(7-11-5-3-4-6-11)14(20-18-9)15-16-8-13(19)10(2)17-15/h8,19H,3-7H2,1-2H3. The average molecular weight is 272 g/mol. The topological polar surface area (TPSA) is 72.0 Å². The second-order valence-corrected chi connectivity index (χ2v) is 5.37. The Bertz CT molecular complexity index is 616. The van der Waals surface area contributed by atoms with Crippen molar-refractivity contribution in [1.82, 2.24) is 15.1 Å². The van der Waals surface area contributed by atoms with E-state index in [1.807, 2.05) is 6.92 Å². The molecule has 0 aliphatic heterocycles. The smallest absolute Gasteiger partial charge is 0.207 e. The van der Waals surface area contributed by atoms with Crippen LogP contribution in [0, 0.1) is 19.8 Å². The molecule has 5 nitrogen and oxygen atoms in total. The van der Waals surface area contributed by atoms with Crippen LogP contribution < -0.4 is 0 Å². The summed E-state index contributed by atoms with van der Waals surface area (Å²) in [4.78, 5) is 8.44. The molecule has 1 radical (unpaired) electrons. The number of aromatic nitrogens is 3. The summed E-state index contributed by atoms with van der Waals surface area (Å²) in [6.45, 7) is 3.69. The normalized spacial score (nSPS) is 15.9. The molecule has 0 bridgehead atoms. The minimum atomic E-state index is 0.0942. The molecule has 1 fully saturated rings. The van der Waals surface area contributed by atoms with Gasteiger partial charge in [0.2, 0.25) is 5.76 Å². The van der Waals surface area contributed by atoms with Crippen molar-refractivity contribution in [3.05, 3.63) is 29.1 Å². The van der Waals surface area contributed by atoms with Gasteiger partial charge >= 0.3 is 0 Å². The van der Waals surface area contributed by atoms with Gasteiger partial charge < -0.3 is 9.63 Å². The van der Waals surface area contributed by atoms with Crippen LogP contribution in [0.3, 0.4) is 0 Å². The van der Waals surface area contributed by atoms with Gasteiger partial charge in [-0.3, -0.25) is 0 Å². The minimum absolute atomic E-state index is 0.0942. The monoisotopic (exact) mass is 272 g/mol. The third kappa shape index (κ3) is 2.40. The lowest BCUT2D eigenvalue weighted by Crippen LogP contribution is -2.00. The first-order chi connectivity index (χ1) is 9.65. The van der Waals surface area contributed by atoms with Gasteiger partial charge in [-0.25, -0.2) is 9.97 Å². The van der Waals surface area contributed by atoms with E-state index in [0.717, 1.165) is 17.7 Å². The van der Waals surface area contributed by atoms with E-state index in [-0.39, 0.29) is 5.75 Å². The van der Waals surface area contributed by atoms with E-state index in [2.05, 4.69) is 15.1 Å². The highest BCUT2D eigenvalue weighted by Crippen LogP contribution is 2.34. The number of nitrogens with zero attached hydrogens (tertiary/aromatic N) is 3. The van der Waals surface area contributed by atoms with Crippen molar-refractivity contribution in [1.29, 1.82) is 0 Å². The van der Waals surface area contributed by atoms with E-state index in [1.165, 1.54) is 31.9 Å². The van der Waals surface area contributed by atoms with Crippen molar-refractivity contribution in [2.45, 2.75) is 46.0 Å². The largest absolute Gasteiger partial charge is 0.504 e. The molecule has 0 saturated heterocycles. The van der Waals surface area contributed by atoms with Crippen LogP contribution in [-0.2, 0) is 6.42 Å². The van der Waals surface area contributed by atoms with Crippen LogP contribution in [0.25, 0.3) is 11.6 Å². The van der Waals surface area contributed by atoms with E-state index < -0.39 is 0 Å². The van der Waals surface area contributed by atoms with E-state index >= 15 is 0 Å². The van der Waals surface area contributed by atoms with Crippen molar-refractivity contribution in [3.8, 4) is 17.3 Å². The van der Waals surface area contributed by atoms with Gasteiger partial charge in [-0.15, -0.1) is 0 Å². The highest BCUT2D eigenvalue weighted by Gasteiger charge is 2.23. The van der Waals surface area contributed by atoms with E-state index in [0.29, 0.717) is 17.3 Å². The summed E-state index contributed by atoms with van der Waals surface area (Å²) in [5.41, 5.74) is 2.52. The molecule has 0 unspecified atom stereocenters. The lowest BCUT2D eigenvalue weighted by atomic mass is 9.96. The Kier molecular flexibility index (Phi) is 3.42. The maximum Gasteiger partial charge on any atom is 0.207 e. The molecule has 3 rings (SSSR count). The molecule has 0 amide bonds. The Morgan fingerprint density at radius 3 is 2.65 bits per heavy atom. The van der Waals surface area contributed by atoms with Gasteiger partial charge in [0.15, 0.2) is 11.6 Å². The fraction of sp³-hybridized carbons (Fsp3) is 0.467. The first-order valence-corrected chi connectivity index (χ1v) is 6.97. The van der Waals surface area contributed by atoms with Crippen LogP contribution in [0.4, 0.5) is 0 Å². The fourth-order valence-electron chi connectivity index (χ4n) is 2.64. The molecule has 1 N–H and O–H groups in total. The van der Waals surface area contributed by atoms with Gasteiger partial charge in [-0.1, -0.05) is 18.0 Å². The predicted octanol–water partition coefficient (Wildman–Crippen LogP) is 3.15. The summed E-state index contributed by atoms with van der Waals surface area (Å²) in [6, 6.07) is 0. The summed E-state index contributed by atoms with van der Waals surface area (Å²) in [5, 5.41) is 13.6. The minimum Gasteiger partial charge on any atom is -0.504 e. The predicted molar refractivity (Wildman–Crippen MR) is 74.1 cm³/mol. The number of hydrogen-bond acceptors (Lipinski definition) is 5. The summed E-state index contributed by atoms with van der Waals surface area (Å²) in [5.74, 6) is 2.77. The molecule has 105 valence electrons. The van der Waals surface area contributed by atoms with E-state index in [4.69, 9.17) is 4.52 Å². The van der Waals surface area contributed by atoms with Crippen molar-refractivity contribution < 1.29 is 9.63 Å². The van der Waals surface area contributed by atoms with E-state index in [1.54, 1.807) is 12.8 Å². The molecular weight excluding hydrogens is 254 g/mol. The Hall–Kier alpha value is -1.91. The third-order valence-corrected chi connectivity index (χ3v) is 3.88. The molecule has 5 heteroatoms. The Labute approximate surface area is 118 Å². The first kappa shape index (κ1) is 13.1. The van der Waals surface area contributed by atoms with Crippen molar-refractivity contribution in [3.63, 3.8) is 0 Å². The van der Waals surface area contributed by atoms with Gasteiger partial charge in [0, 0.05) is 5.56 Å². The average Bonchev–Trinajstić information content (AvgIpc) is 3.05. The van der Waals surface area contributed by atoms with Crippen LogP contribution in [0.1, 0.15) is 42.6 Å². The molecule has 20 heavy (non-hydrogen) atoms. The molecule has 0 atom stereocenters. The van der Waals surface area contributed by atoms with Gasteiger partial charge in [0.25, 0.3) is 0 Å². The Morgan fingerprint density at radius 1 is 1.20 bits per heavy atom. The highest BCUT2D eigenvalue weighted by atomic mass is 16.5.